The van der Waals surface area contributed by atoms with Gasteiger partial charge in [-0.05, 0) is 18.6 Å². The SMILES string of the molecule is CCN1CN(CCOC)C(=O)c2c(O)c(=O)c(-c3nnc(Cc4ccc(F)cc4F)s3)cn21.Cl. The first-order valence-corrected chi connectivity index (χ1v) is 10.9. The van der Waals surface area contributed by atoms with Gasteiger partial charge in [0.2, 0.25) is 5.43 Å². The van der Waals surface area contributed by atoms with Gasteiger partial charge in [0.1, 0.15) is 23.3 Å². The largest absolute Gasteiger partial charge is 0.502 e. The summed E-state index contributed by atoms with van der Waals surface area (Å²) < 4.78 is 33.6. The van der Waals surface area contributed by atoms with Crippen LogP contribution >= 0.6 is 23.7 Å². The van der Waals surface area contributed by atoms with Gasteiger partial charge in [0.25, 0.3) is 5.91 Å². The van der Waals surface area contributed by atoms with Crippen molar-refractivity contribution < 1.29 is 23.4 Å². The van der Waals surface area contributed by atoms with E-state index in [-0.39, 0.29) is 47.3 Å². The molecule has 0 atom stereocenters. The fourth-order valence-electron chi connectivity index (χ4n) is 3.53. The highest BCUT2D eigenvalue weighted by atomic mass is 35.5. The van der Waals surface area contributed by atoms with Crippen LogP contribution in [0.3, 0.4) is 0 Å². The molecule has 0 fully saturated rings. The Morgan fingerprint density at radius 2 is 2.00 bits per heavy atom. The van der Waals surface area contributed by atoms with Gasteiger partial charge in [-0.3, -0.25) is 19.3 Å². The number of carbonyl (C=O) groups excluding carboxylic acids is 1. The second-order valence-electron chi connectivity index (χ2n) is 7.35. The summed E-state index contributed by atoms with van der Waals surface area (Å²) in [6.45, 7) is 3.24. The minimum absolute atomic E-state index is 0. The lowest BCUT2D eigenvalue weighted by molar-refractivity contribution is 0.0625. The summed E-state index contributed by atoms with van der Waals surface area (Å²) in [6, 6.07) is 3.27. The molecule has 2 aromatic heterocycles. The van der Waals surface area contributed by atoms with Crippen molar-refractivity contribution in [3.8, 4) is 16.3 Å². The average molecular weight is 514 g/mol. The van der Waals surface area contributed by atoms with Crippen molar-refractivity contribution in [3.63, 3.8) is 0 Å². The number of methoxy groups -OCH3 is 1. The number of halogens is 3. The number of carbonyl (C=O) groups is 1. The zero-order valence-corrected chi connectivity index (χ0v) is 20.0. The molecule has 0 spiro atoms. The topological polar surface area (TPSA) is 101 Å². The first-order valence-electron chi connectivity index (χ1n) is 10.1. The Labute approximate surface area is 203 Å². The van der Waals surface area contributed by atoms with Gasteiger partial charge in [-0.25, -0.2) is 8.78 Å². The van der Waals surface area contributed by atoms with Crippen LogP contribution in [-0.2, 0) is 11.2 Å². The van der Waals surface area contributed by atoms with E-state index in [9.17, 15) is 23.5 Å². The minimum atomic E-state index is -0.755. The molecule has 9 nitrogen and oxygen atoms in total. The molecule has 0 saturated heterocycles. The maximum atomic E-state index is 14.0. The third-order valence-electron chi connectivity index (χ3n) is 5.28. The molecular weight excluding hydrogens is 492 g/mol. The van der Waals surface area contributed by atoms with Gasteiger partial charge in [-0.1, -0.05) is 17.4 Å². The molecule has 1 amide bonds. The maximum Gasteiger partial charge on any atom is 0.277 e. The number of amides is 1. The lowest BCUT2D eigenvalue weighted by Gasteiger charge is -2.39. The average Bonchev–Trinajstić information content (AvgIpc) is 3.25. The van der Waals surface area contributed by atoms with Gasteiger partial charge in [0.05, 0.1) is 12.2 Å². The monoisotopic (exact) mass is 513 g/mol. The Hall–Kier alpha value is -3.09. The number of aromatic nitrogens is 3. The molecule has 4 rings (SSSR count). The van der Waals surface area contributed by atoms with E-state index >= 15 is 0 Å². The van der Waals surface area contributed by atoms with Crippen LogP contribution in [-0.4, -0.2) is 64.3 Å². The zero-order valence-electron chi connectivity index (χ0n) is 18.3. The predicted octanol–water partition coefficient (Wildman–Crippen LogP) is 2.38. The van der Waals surface area contributed by atoms with Crippen LogP contribution in [0.5, 0.6) is 5.75 Å². The van der Waals surface area contributed by atoms with Gasteiger partial charge >= 0.3 is 0 Å². The van der Waals surface area contributed by atoms with Crippen LogP contribution in [0, 0.1) is 11.6 Å². The standard InChI is InChI=1S/C21H21F2N5O4S.ClH/c1-3-27-11-26(6-7-32-2)21(31)17-19(30)18(29)14(10-28(17)27)20-25-24-16(33-20)8-12-4-5-13(22)9-15(12)23;/h4-5,9-10,30H,3,6-8,11H2,1-2H3;1H. The summed E-state index contributed by atoms with van der Waals surface area (Å²) in [7, 11) is 1.52. The van der Waals surface area contributed by atoms with E-state index in [1.165, 1.54) is 28.9 Å². The van der Waals surface area contributed by atoms with Crippen molar-refractivity contribution in [2.45, 2.75) is 13.3 Å². The lowest BCUT2D eigenvalue weighted by atomic mass is 10.1. The number of ether oxygens (including phenoxy) is 1. The number of hydrogen-bond donors (Lipinski definition) is 1. The van der Waals surface area contributed by atoms with E-state index in [4.69, 9.17) is 4.74 Å². The molecule has 0 saturated carbocycles. The summed E-state index contributed by atoms with van der Waals surface area (Å²) in [4.78, 5) is 27.3. The third kappa shape index (κ3) is 4.74. The summed E-state index contributed by atoms with van der Waals surface area (Å²) in [5.74, 6) is -2.54. The molecule has 0 bridgehead atoms. The van der Waals surface area contributed by atoms with E-state index in [0.717, 1.165) is 23.5 Å². The normalized spacial score (nSPS) is 13.1. The van der Waals surface area contributed by atoms with Crippen molar-refractivity contribution in [1.82, 2.24) is 19.8 Å². The van der Waals surface area contributed by atoms with Gasteiger partial charge in [0.15, 0.2) is 16.5 Å². The van der Waals surface area contributed by atoms with Crippen molar-refractivity contribution in [1.29, 1.82) is 0 Å². The van der Waals surface area contributed by atoms with E-state index in [2.05, 4.69) is 10.2 Å². The molecule has 1 aliphatic rings. The smallest absolute Gasteiger partial charge is 0.277 e. The molecular formula is C21H22ClF2N5O4S. The van der Waals surface area contributed by atoms with Crippen LogP contribution in [0.4, 0.5) is 8.78 Å². The van der Waals surface area contributed by atoms with Gasteiger partial charge in [0, 0.05) is 38.9 Å². The molecule has 3 aromatic rings. The summed E-state index contributed by atoms with van der Waals surface area (Å²) in [5, 5.41) is 21.1. The van der Waals surface area contributed by atoms with E-state index in [1.54, 1.807) is 5.01 Å². The molecule has 0 aliphatic carbocycles. The maximum absolute atomic E-state index is 14.0. The van der Waals surface area contributed by atoms with E-state index < -0.39 is 28.7 Å². The number of benzene rings is 1. The third-order valence-corrected chi connectivity index (χ3v) is 6.23. The minimum Gasteiger partial charge on any atom is -0.502 e. The Bertz CT molecular complexity index is 1270. The fourth-order valence-corrected chi connectivity index (χ4v) is 4.40. The highest BCUT2D eigenvalue weighted by molar-refractivity contribution is 7.14. The number of hydrogen-bond acceptors (Lipinski definition) is 8. The number of rotatable bonds is 7. The Morgan fingerprint density at radius 1 is 1.24 bits per heavy atom. The Kier molecular flexibility index (Phi) is 7.85. The molecule has 1 aliphatic heterocycles. The molecule has 13 heteroatoms. The summed E-state index contributed by atoms with van der Waals surface area (Å²) >= 11 is 1.05. The predicted molar refractivity (Wildman–Crippen MR) is 124 cm³/mol. The molecule has 1 N–H and O–H groups in total. The van der Waals surface area contributed by atoms with Crippen molar-refractivity contribution in [3.05, 3.63) is 62.5 Å². The van der Waals surface area contributed by atoms with Crippen LogP contribution < -0.4 is 10.4 Å². The Morgan fingerprint density at radius 3 is 2.68 bits per heavy atom. The zero-order chi connectivity index (χ0) is 23.7. The highest BCUT2D eigenvalue weighted by Gasteiger charge is 2.33. The van der Waals surface area contributed by atoms with E-state index in [1.807, 2.05) is 6.92 Å². The van der Waals surface area contributed by atoms with Crippen LogP contribution in [0.2, 0.25) is 0 Å². The number of nitrogens with zero attached hydrogens (tertiary/aromatic N) is 5. The first-order chi connectivity index (χ1) is 15.8. The fraction of sp³-hybridized carbons (Fsp3) is 0.333. The molecule has 182 valence electrons. The van der Waals surface area contributed by atoms with E-state index in [0.29, 0.717) is 24.7 Å². The van der Waals surface area contributed by atoms with Gasteiger partial charge in [-0.2, -0.15) is 0 Å². The molecule has 3 heterocycles. The molecule has 0 radical (unpaired) electrons. The van der Waals surface area contributed by atoms with Crippen molar-refractivity contribution in [2.24, 2.45) is 0 Å². The molecule has 0 unspecified atom stereocenters. The second kappa shape index (κ2) is 10.5. The number of pyridine rings is 1. The van der Waals surface area contributed by atoms with Crippen molar-refractivity contribution >= 4 is 29.7 Å². The highest BCUT2D eigenvalue weighted by Crippen LogP contribution is 2.28. The lowest BCUT2D eigenvalue weighted by Crippen LogP contribution is -2.54. The number of fused-ring (bicyclic) bond motifs is 1. The number of aromatic hydroxyl groups is 1. The van der Waals surface area contributed by atoms with Crippen LogP contribution in [0.25, 0.3) is 10.6 Å². The Balaban J connectivity index is 0.00000324. The summed E-state index contributed by atoms with van der Waals surface area (Å²) in [5.41, 5.74) is -0.583. The second-order valence-corrected chi connectivity index (χ2v) is 8.41. The van der Waals surface area contributed by atoms with Crippen LogP contribution in [0.1, 0.15) is 28.0 Å². The summed E-state index contributed by atoms with van der Waals surface area (Å²) in [6.07, 6.45) is 1.52. The van der Waals surface area contributed by atoms with Gasteiger partial charge in [-0.15, -0.1) is 22.6 Å². The van der Waals surface area contributed by atoms with Crippen molar-refractivity contribution in [2.75, 3.05) is 38.5 Å². The molecule has 34 heavy (non-hydrogen) atoms. The molecule has 1 aromatic carbocycles. The van der Waals surface area contributed by atoms with Gasteiger partial charge < -0.3 is 14.7 Å². The first kappa shape index (κ1) is 25.5. The quantitative estimate of drug-likeness (QED) is 0.517. The van der Waals surface area contributed by atoms with Crippen LogP contribution in [0.15, 0.2) is 29.2 Å².